The van der Waals surface area contributed by atoms with Gasteiger partial charge in [0, 0.05) is 29.9 Å². The molecule has 32 heavy (non-hydrogen) atoms. The molecule has 3 aromatic carbocycles. The number of benzene rings is 3. The van der Waals surface area contributed by atoms with Crippen molar-refractivity contribution in [3.8, 4) is 11.1 Å². The highest BCUT2D eigenvalue weighted by Crippen LogP contribution is 2.41. The molecule has 1 fully saturated rings. The van der Waals surface area contributed by atoms with Gasteiger partial charge in [-0.05, 0) is 42.7 Å². The molecule has 1 N–H and O–H groups in total. The molecule has 0 saturated carbocycles. The lowest BCUT2D eigenvalue weighted by Crippen LogP contribution is -3.14. The molecule has 0 radical (unpaired) electrons. The Kier molecular flexibility index (Phi) is 5.95. The van der Waals surface area contributed by atoms with Crippen molar-refractivity contribution in [2.75, 3.05) is 44.2 Å². The summed E-state index contributed by atoms with van der Waals surface area (Å²) in [7, 11) is 0. The molecule has 4 nitrogen and oxygen atoms in total. The zero-order valence-electron chi connectivity index (χ0n) is 19.2. The molecule has 1 saturated heterocycles. The van der Waals surface area contributed by atoms with Gasteiger partial charge >= 0.3 is 0 Å². The van der Waals surface area contributed by atoms with Crippen molar-refractivity contribution in [1.82, 2.24) is 5.01 Å². The molecule has 0 spiro atoms. The van der Waals surface area contributed by atoms with E-state index in [1.807, 2.05) is 6.21 Å². The van der Waals surface area contributed by atoms with Crippen LogP contribution in [0.2, 0.25) is 0 Å². The van der Waals surface area contributed by atoms with Crippen LogP contribution in [0.25, 0.3) is 11.1 Å². The minimum atomic E-state index is 0.446. The van der Waals surface area contributed by atoms with Gasteiger partial charge in [0.1, 0.15) is 6.04 Å². The minimum absolute atomic E-state index is 0.446. The van der Waals surface area contributed by atoms with E-state index in [0.29, 0.717) is 6.04 Å². The van der Waals surface area contributed by atoms with Crippen molar-refractivity contribution in [3.63, 3.8) is 0 Å². The molecule has 164 valence electrons. The Morgan fingerprint density at radius 1 is 0.844 bits per heavy atom. The Balaban J connectivity index is 1.24. The Morgan fingerprint density at radius 2 is 1.41 bits per heavy atom. The molecular weight excluding hydrogens is 392 g/mol. The first-order valence-corrected chi connectivity index (χ1v) is 11.9. The number of hydrazone groups is 1. The zero-order chi connectivity index (χ0) is 21.9. The first-order valence-electron chi connectivity index (χ1n) is 11.9. The summed E-state index contributed by atoms with van der Waals surface area (Å²) < 4.78 is 0. The summed E-state index contributed by atoms with van der Waals surface area (Å²) in [6.07, 6.45) is 2.01. The van der Waals surface area contributed by atoms with Gasteiger partial charge in [-0.15, -0.1) is 0 Å². The van der Waals surface area contributed by atoms with Crippen molar-refractivity contribution in [3.05, 3.63) is 89.5 Å². The normalized spacial score (nSPS) is 16.4. The summed E-state index contributed by atoms with van der Waals surface area (Å²) in [4.78, 5) is 4.01. The number of rotatable bonds is 6. The maximum Gasteiger partial charge on any atom is 0.140 e. The topological polar surface area (TPSA) is 23.3 Å². The van der Waals surface area contributed by atoms with E-state index in [2.05, 4.69) is 96.6 Å². The standard InChI is InChI=1S/C28H32N4/c1-3-30(4-2)23-15-13-22(14-16-23)21-29-32-19-17-31(18-20-32)28-26-11-7-5-9-24(26)25-10-6-8-12-27(25)28/h5-16,21,28H,3-4,17-20H2,1-2H3/p+1/b29-21+. The average molecular weight is 426 g/mol. The third kappa shape index (κ3) is 3.91. The highest BCUT2D eigenvalue weighted by atomic mass is 15.5. The van der Waals surface area contributed by atoms with Crippen LogP contribution in [0.5, 0.6) is 0 Å². The van der Waals surface area contributed by atoms with Crippen molar-refractivity contribution < 1.29 is 4.90 Å². The van der Waals surface area contributed by atoms with Crippen molar-refractivity contribution in [1.29, 1.82) is 0 Å². The van der Waals surface area contributed by atoms with Crippen LogP contribution in [0.4, 0.5) is 5.69 Å². The van der Waals surface area contributed by atoms with E-state index in [4.69, 9.17) is 5.10 Å². The summed E-state index contributed by atoms with van der Waals surface area (Å²) in [5, 5.41) is 7.03. The lowest BCUT2D eigenvalue weighted by Gasteiger charge is -2.34. The Morgan fingerprint density at radius 3 is 1.97 bits per heavy atom. The van der Waals surface area contributed by atoms with E-state index in [1.165, 1.54) is 27.9 Å². The van der Waals surface area contributed by atoms with Gasteiger partial charge < -0.3 is 9.80 Å². The quantitative estimate of drug-likeness (QED) is 0.607. The number of nitrogens with one attached hydrogen (secondary N) is 1. The molecule has 3 aromatic rings. The van der Waals surface area contributed by atoms with Crippen molar-refractivity contribution >= 4 is 11.9 Å². The number of fused-ring (bicyclic) bond motifs is 3. The van der Waals surface area contributed by atoms with Crippen LogP contribution in [0.15, 0.2) is 77.9 Å². The zero-order valence-corrected chi connectivity index (χ0v) is 19.2. The Labute approximate surface area is 191 Å². The number of quaternary nitrogens is 1. The lowest BCUT2D eigenvalue weighted by molar-refractivity contribution is -0.929. The Bertz CT molecular complexity index is 1030. The fourth-order valence-electron chi connectivity index (χ4n) is 5.29. The fourth-order valence-corrected chi connectivity index (χ4v) is 5.29. The van der Waals surface area contributed by atoms with Gasteiger partial charge in [-0.25, -0.2) is 0 Å². The van der Waals surface area contributed by atoms with Gasteiger partial charge in [-0.1, -0.05) is 60.7 Å². The molecule has 1 heterocycles. The van der Waals surface area contributed by atoms with Crippen LogP contribution in [0.3, 0.4) is 0 Å². The molecule has 1 aliphatic carbocycles. The summed E-state index contributed by atoms with van der Waals surface area (Å²) in [6, 6.07) is 27.1. The first-order chi connectivity index (χ1) is 15.8. The fraction of sp³-hybridized carbons (Fsp3) is 0.321. The highest BCUT2D eigenvalue weighted by molar-refractivity contribution is 5.80. The van der Waals surface area contributed by atoms with E-state index in [-0.39, 0.29) is 0 Å². The van der Waals surface area contributed by atoms with Crippen LogP contribution in [0, 0.1) is 0 Å². The Hall–Kier alpha value is -3.11. The smallest absolute Gasteiger partial charge is 0.140 e. The van der Waals surface area contributed by atoms with Crippen molar-refractivity contribution in [2.45, 2.75) is 19.9 Å². The summed E-state index contributed by atoms with van der Waals surface area (Å²) >= 11 is 0. The molecule has 1 aliphatic heterocycles. The SMILES string of the molecule is CCN(CC)c1ccc(/C=N/N2CC[NH+](C3c4ccccc4-c4ccccc43)CC2)cc1. The predicted octanol–water partition coefficient (Wildman–Crippen LogP) is 3.84. The average Bonchev–Trinajstić information content (AvgIpc) is 3.19. The molecule has 5 rings (SSSR count). The van der Waals surface area contributed by atoms with E-state index in [9.17, 15) is 0 Å². The monoisotopic (exact) mass is 425 g/mol. The van der Waals surface area contributed by atoms with Crippen LogP contribution in [0.1, 0.15) is 36.6 Å². The van der Waals surface area contributed by atoms with Crippen LogP contribution < -0.4 is 9.80 Å². The number of nitrogens with zero attached hydrogens (tertiary/aromatic N) is 3. The van der Waals surface area contributed by atoms with E-state index in [1.54, 1.807) is 4.90 Å². The number of hydrogen-bond acceptors (Lipinski definition) is 3. The molecule has 0 amide bonds. The second kappa shape index (κ2) is 9.17. The van der Waals surface area contributed by atoms with Gasteiger partial charge in [0.15, 0.2) is 0 Å². The molecule has 4 heteroatoms. The highest BCUT2D eigenvalue weighted by Gasteiger charge is 2.37. The van der Waals surface area contributed by atoms with E-state index in [0.717, 1.165) is 44.8 Å². The molecule has 0 aromatic heterocycles. The van der Waals surface area contributed by atoms with Crippen molar-refractivity contribution in [2.24, 2.45) is 5.10 Å². The van der Waals surface area contributed by atoms with E-state index < -0.39 is 0 Å². The number of anilines is 1. The second-order valence-corrected chi connectivity index (χ2v) is 8.73. The van der Waals surface area contributed by atoms with Crippen LogP contribution in [-0.2, 0) is 0 Å². The van der Waals surface area contributed by atoms with Gasteiger partial charge in [-0.2, -0.15) is 5.10 Å². The van der Waals surface area contributed by atoms with Gasteiger partial charge in [0.2, 0.25) is 0 Å². The van der Waals surface area contributed by atoms with Gasteiger partial charge in [-0.3, -0.25) is 5.01 Å². The van der Waals surface area contributed by atoms with E-state index >= 15 is 0 Å². The molecular formula is C28H33N4+. The molecule has 0 atom stereocenters. The molecule has 0 bridgehead atoms. The molecule has 0 unspecified atom stereocenters. The largest absolute Gasteiger partial charge is 0.372 e. The lowest BCUT2D eigenvalue weighted by atomic mass is 10.0. The number of piperazine rings is 1. The summed E-state index contributed by atoms with van der Waals surface area (Å²) in [6.45, 7) is 10.6. The first kappa shape index (κ1) is 20.8. The second-order valence-electron chi connectivity index (χ2n) is 8.73. The third-order valence-electron chi connectivity index (χ3n) is 7.02. The minimum Gasteiger partial charge on any atom is -0.372 e. The maximum atomic E-state index is 4.80. The maximum absolute atomic E-state index is 4.80. The van der Waals surface area contributed by atoms with Gasteiger partial charge in [0.05, 0.1) is 32.4 Å². The third-order valence-corrected chi connectivity index (χ3v) is 7.02. The molecule has 2 aliphatic rings. The van der Waals surface area contributed by atoms with Crippen LogP contribution in [-0.4, -0.2) is 50.5 Å². The summed E-state index contributed by atoms with van der Waals surface area (Å²) in [5.74, 6) is 0. The summed E-state index contributed by atoms with van der Waals surface area (Å²) in [5.41, 5.74) is 8.22. The van der Waals surface area contributed by atoms with Gasteiger partial charge in [0.25, 0.3) is 0 Å². The number of hydrogen-bond donors (Lipinski definition) is 1. The van der Waals surface area contributed by atoms with Crippen LogP contribution >= 0.6 is 0 Å². The predicted molar refractivity (Wildman–Crippen MR) is 134 cm³/mol.